The summed E-state index contributed by atoms with van der Waals surface area (Å²) in [6.45, 7) is 2.97. The van der Waals surface area contributed by atoms with Crippen LogP contribution in [0.2, 0.25) is 0 Å². The Balaban J connectivity index is 1.58. The van der Waals surface area contributed by atoms with Crippen molar-refractivity contribution in [1.82, 2.24) is 19.7 Å². The number of benzene rings is 1. The second-order valence-corrected chi connectivity index (χ2v) is 7.42. The van der Waals surface area contributed by atoms with Crippen LogP contribution in [0.15, 0.2) is 24.5 Å². The number of rotatable bonds is 7. The van der Waals surface area contributed by atoms with Gasteiger partial charge in [-0.2, -0.15) is 0 Å². The molecule has 2 aliphatic rings. The monoisotopic (exact) mass is 356 g/mol. The third kappa shape index (κ3) is 3.56. The van der Waals surface area contributed by atoms with Gasteiger partial charge in [-0.15, -0.1) is 10.2 Å². The summed E-state index contributed by atoms with van der Waals surface area (Å²) in [7, 11) is 3.40. The van der Waals surface area contributed by atoms with Crippen LogP contribution >= 0.6 is 0 Å². The minimum Gasteiger partial charge on any atom is -0.493 e. The average Bonchev–Trinajstić information content (AvgIpc) is 3.37. The van der Waals surface area contributed by atoms with Crippen molar-refractivity contribution < 1.29 is 9.47 Å². The van der Waals surface area contributed by atoms with Crippen LogP contribution in [0.3, 0.4) is 0 Å². The van der Waals surface area contributed by atoms with E-state index in [4.69, 9.17) is 9.47 Å². The van der Waals surface area contributed by atoms with Crippen LogP contribution in [0, 0.1) is 5.92 Å². The maximum Gasteiger partial charge on any atom is 0.165 e. The van der Waals surface area contributed by atoms with Crippen molar-refractivity contribution in [3.63, 3.8) is 0 Å². The maximum absolute atomic E-state index is 5.63. The lowest BCUT2D eigenvalue weighted by atomic mass is 10.00. The molecule has 1 saturated carbocycles. The van der Waals surface area contributed by atoms with Crippen LogP contribution in [-0.2, 0) is 13.1 Å². The zero-order chi connectivity index (χ0) is 17.9. The number of hydrogen-bond donors (Lipinski definition) is 0. The number of aromatic nitrogens is 3. The third-order valence-corrected chi connectivity index (χ3v) is 5.57. The third-order valence-electron chi connectivity index (χ3n) is 5.57. The first-order valence-corrected chi connectivity index (χ1v) is 9.61. The predicted octanol–water partition coefficient (Wildman–Crippen LogP) is 3.43. The highest BCUT2D eigenvalue weighted by molar-refractivity contribution is 5.46. The first-order chi connectivity index (χ1) is 12.8. The van der Waals surface area contributed by atoms with Gasteiger partial charge in [-0.1, -0.05) is 18.6 Å². The normalized spacial score (nSPS) is 20.9. The Morgan fingerprint density at radius 1 is 1.12 bits per heavy atom. The van der Waals surface area contributed by atoms with Crippen molar-refractivity contribution in [3.05, 3.63) is 35.9 Å². The molecule has 4 rings (SSSR count). The quantitative estimate of drug-likeness (QED) is 0.761. The molecule has 1 aromatic heterocycles. The van der Waals surface area contributed by atoms with Crippen LogP contribution in [-0.4, -0.2) is 40.4 Å². The smallest absolute Gasteiger partial charge is 0.165 e. The average molecular weight is 356 g/mol. The van der Waals surface area contributed by atoms with E-state index in [1.807, 2.05) is 18.5 Å². The van der Waals surface area contributed by atoms with Crippen LogP contribution in [0.25, 0.3) is 0 Å². The van der Waals surface area contributed by atoms with E-state index >= 15 is 0 Å². The SMILES string of the molecule is COc1cccc(CN2CCCCC2c2nncn2CC2CC2)c1OC. The Morgan fingerprint density at radius 3 is 2.77 bits per heavy atom. The number of methoxy groups -OCH3 is 2. The molecule has 6 nitrogen and oxygen atoms in total. The van der Waals surface area contributed by atoms with E-state index in [0.29, 0.717) is 6.04 Å². The first-order valence-electron chi connectivity index (χ1n) is 9.61. The molecule has 0 spiro atoms. The van der Waals surface area contributed by atoms with Crippen molar-refractivity contribution >= 4 is 0 Å². The summed E-state index contributed by atoms with van der Waals surface area (Å²) in [6, 6.07) is 6.43. The van der Waals surface area contributed by atoms with Gasteiger partial charge in [0, 0.05) is 18.7 Å². The lowest BCUT2D eigenvalue weighted by Crippen LogP contribution is -2.34. The van der Waals surface area contributed by atoms with Gasteiger partial charge in [0.2, 0.25) is 0 Å². The van der Waals surface area contributed by atoms with Gasteiger partial charge in [-0.05, 0) is 44.2 Å². The van der Waals surface area contributed by atoms with Crippen LogP contribution < -0.4 is 9.47 Å². The fourth-order valence-corrected chi connectivity index (χ4v) is 4.01. The maximum atomic E-state index is 5.63. The minimum absolute atomic E-state index is 0.320. The lowest BCUT2D eigenvalue weighted by Gasteiger charge is -2.35. The Bertz CT molecular complexity index is 741. The first kappa shape index (κ1) is 17.3. The molecule has 1 aliphatic carbocycles. The Kier molecular flexibility index (Phi) is 5.11. The molecule has 0 bridgehead atoms. The second-order valence-electron chi connectivity index (χ2n) is 7.42. The molecule has 1 unspecified atom stereocenters. The van der Waals surface area contributed by atoms with Crippen LogP contribution in [0.4, 0.5) is 0 Å². The van der Waals surface area contributed by atoms with Gasteiger partial charge in [0.05, 0.1) is 20.3 Å². The number of likely N-dealkylation sites (tertiary alicyclic amines) is 1. The summed E-state index contributed by atoms with van der Waals surface area (Å²) in [5, 5.41) is 8.73. The van der Waals surface area contributed by atoms with E-state index in [2.05, 4.69) is 25.7 Å². The van der Waals surface area contributed by atoms with Gasteiger partial charge in [0.25, 0.3) is 0 Å². The molecular weight excluding hydrogens is 328 g/mol. The zero-order valence-corrected chi connectivity index (χ0v) is 15.7. The van der Waals surface area contributed by atoms with Gasteiger partial charge in [-0.25, -0.2) is 0 Å². The van der Waals surface area contributed by atoms with E-state index in [-0.39, 0.29) is 0 Å². The molecular formula is C20H28N4O2. The lowest BCUT2D eigenvalue weighted by molar-refractivity contribution is 0.128. The van der Waals surface area contributed by atoms with E-state index in [0.717, 1.165) is 54.9 Å². The van der Waals surface area contributed by atoms with E-state index in [9.17, 15) is 0 Å². The standard InChI is InChI=1S/C20H28N4O2/c1-25-18-8-5-6-16(19(18)26-2)13-23-11-4-3-7-17(23)20-22-21-14-24(20)12-15-9-10-15/h5-6,8,14-15,17H,3-4,7,9-13H2,1-2H3. The predicted molar refractivity (Wildman–Crippen MR) is 99.3 cm³/mol. The molecule has 6 heteroatoms. The largest absolute Gasteiger partial charge is 0.493 e. The molecule has 2 aromatic rings. The molecule has 1 aliphatic heterocycles. The fourth-order valence-electron chi connectivity index (χ4n) is 4.01. The van der Waals surface area contributed by atoms with Crippen LogP contribution in [0.5, 0.6) is 11.5 Å². The summed E-state index contributed by atoms with van der Waals surface area (Å²) in [5.74, 6) is 3.56. The Labute approximate surface area is 155 Å². The van der Waals surface area contributed by atoms with Crippen molar-refractivity contribution in [2.24, 2.45) is 5.92 Å². The molecule has 0 N–H and O–H groups in total. The molecule has 0 amide bonds. The summed E-state index contributed by atoms with van der Waals surface area (Å²) in [6.07, 6.45) is 8.19. The van der Waals surface area contributed by atoms with Crippen molar-refractivity contribution in [2.75, 3.05) is 20.8 Å². The summed E-state index contributed by atoms with van der Waals surface area (Å²) >= 11 is 0. The van der Waals surface area contributed by atoms with Crippen LogP contribution in [0.1, 0.15) is 49.5 Å². The number of nitrogens with zero attached hydrogens (tertiary/aromatic N) is 4. The number of piperidine rings is 1. The van der Waals surface area contributed by atoms with Crippen molar-refractivity contribution in [3.8, 4) is 11.5 Å². The van der Waals surface area contributed by atoms with E-state index < -0.39 is 0 Å². The Morgan fingerprint density at radius 2 is 2.00 bits per heavy atom. The Hall–Kier alpha value is -2.08. The fraction of sp³-hybridized carbons (Fsp3) is 0.600. The van der Waals surface area contributed by atoms with Gasteiger partial charge < -0.3 is 14.0 Å². The van der Waals surface area contributed by atoms with E-state index in [1.165, 1.54) is 25.7 Å². The van der Waals surface area contributed by atoms with E-state index in [1.54, 1.807) is 14.2 Å². The van der Waals surface area contributed by atoms with Crippen molar-refractivity contribution in [1.29, 1.82) is 0 Å². The highest BCUT2D eigenvalue weighted by Gasteiger charge is 2.31. The number of ether oxygens (including phenoxy) is 2. The van der Waals surface area contributed by atoms with Gasteiger partial charge in [0.15, 0.2) is 11.5 Å². The molecule has 0 radical (unpaired) electrons. The zero-order valence-electron chi connectivity index (χ0n) is 15.7. The number of hydrogen-bond acceptors (Lipinski definition) is 5. The summed E-state index contributed by atoms with van der Waals surface area (Å²) < 4.78 is 13.4. The van der Waals surface area contributed by atoms with Crippen molar-refractivity contribution in [2.45, 2.75) is 51.2 Å². The molecule has 26 heavy (non-hydrogen) atoms. The van der Waals surface area contributed by atoms with Gasteiger partial charge in [0.1, 0.15) is 12.2 Å². The molecule has 2 heterocycles. The highest BCUT2D eigenvalue weighted by Crippen LogP contribution is 2.37. The minimum atomic E-state index is 0.320. The molecule has 140 valence electrons. The molecule has 1 atom stereocenters. The molecule has 1 saturated heterocycles. The summed E-state index contributed by atoms with van der Waals surface area (Å²) in [5.41, 5.74) is 1.16. The number of para-hydroxylation sites is 1. The molecule has 2 fully saturated rings. The van der Waals surface area contributed by atoms with Gasteiger partial charge >= 0.3 is 0 Å². The van der Waals surface area contributed by atoms with Gasteiger partial charge in [-0.3, -0.25) is 4.90 Å². The topological polar surface area (TPSA) is 52.4 Å². The summed E-state index contributed by atoms with van der Waals surface area (Å²) in [4.78, 5) is 2.52. The second kappa shape index (κ2) is 7.66. The highest BCUT2D eigenvalue weighted by atomic mass is 16.5. The molecule has 1 aromatic carbocycles.